The van der Waals surface area contributed by atoms with Crippen LogP contribution in [0.4, 0.5) is 17.1 Å². The highest BCUT2D eigenvalue weighted by Crippen LogP contribution is 2.34. The highest BCUT2D eigenvalue weighted by molar-refractivity contribution is 9.10. The number of carbonyl (C=O) groups is 3. The molecule has 156 valence electrons. The minimum Gasteiger partial charge on any atom is -0.326 e. The molecule has 0 radical (unpaired) electrons. The van der Waals surface area contributed by atoms with Gasteiger partial charge in [0.1, 0.15) is 6.04 Å². The molecule has 0 aromatic heterocycles. The van der Waals surface area contributed by atoms with Crippen molar-refractivity contribution in [1.29, 1.82) is 0 Å². The van der Waals surface area contributed by atoms with Crippen molar-refractivity contribution in [2.24, 2.45) is 0 Å². The fourth-order valence-corrected chi connectivity index (χ4v) is 3.77. The van der Waals surface area contributed by atoms with E-state index in [2.05, 4.69) is 26.6 Å². The molecule has 31 heavy (non-hydrogen) atoms. The third-order valence-corrected chi connectivity index (χ3v) is 5.63. The second-order valence-corrected chi connectivity index (χ2v) is 8.32. The summed E-state index contributed by atoms with van der Waals surface area (Å²) in [4.78, 5) is 40.4. The number of rotatable bonds is 4. The number of nitrogens with zero attached hydrogens (tertiary/aromatic N) is 1. The van der Waals surface area contributed by atoms with Gasteiger partial charge in [-0.1, -0.05) is 39.7 Å². The van der Waals surface area contributed by atoms with Gasteiger partial charge in [-0.2, -0.15) is 0 Å². The molecule has 0 saturated heterocycles. The Hall–Kier alpha value is -3.16. The van der Waals surface area contributed by atoms with Crippen LogP contribution in [0, 0.1) is 0 Å². The standard InChI is InChI=1S/C23H17BrClN3O3/c24-15-7-5-14(6-8-15)23(31)28-19-4-2-1-3-18(19)27-22(30)20(28)13-21(29)26-17-11-9-16(25)10-12-17/h1-12,20H,13H2,(H,26,29)(H,27,30)/t20-/m1/s1. The second kappa shape index (κ2) is 8.91. The number of fused-ring (bicyclic) bond motifs is 1. The number of benzene rings is 3. The Morgan fingerprint density at radius 3 is 2.39 bits per heavy atom. The lowest BCUT2D eigenvalue weighted by Gasteiger charge is -2.36. The van der Waals surface area contributed by atoms with Crippen LogP contribution < -0.4 is 15.5 Å². The van der Waals surface area contributed by atoms with Crippen LogP contribution in [0.3, 0.4) is 0 Å². The topological polar surface area (TPSA) is 78.5 Å². The molecule has 4 rings (SSSR count). The third-order valence-electron chi connectivity index (χ3n) is 4.85. The monoisotopic (exact) mass is 497 g/mol. The van der Waals surface area contributed by atoms with Gasteiger partial charge in [0.05, 0.1) is 17.8 Å². The van der Waals surface area contributed by atoms with Crippen LogP contribution in [0.5, 0.6) is 0 Å². The molecular formula is C23H17BrClN3O3. The van der Waals surface area contributed by atoms with Gasteiger partial charge in [-0.25, -0.2) is 0 Å². The molecule has 1 aliphatic rings. The fraction of sp³-hybridized carbons (Fsp3) is 0.0870. The summed E-state index contributed by atoms with van der Waals surface area (Å²) in [5.41, 5.74) is 2.03. The third kappa shape index (κ3) is 4.62. The van der Waals surface area contributed by atoms with E-state index in [-0.39, 0.29) is 12.3 Å². The van der Waals surface area contributed by atoms with Gasteiger partial charge < -0.3 is 10.6 Å². The molecule has 3 aromatic rings. The maximum atomic E-state index is 13.4. The lowest BCUT2D eigenvalue weighted by atomic mass is 10.0. The number of carbonyl (C=O) groups excluding carboxylic acids is 3. The largest absolute Gasteiger partial charge is 0.326 e. The molecule has 0 unspecified atom stereocenters. The summed E-state index contributed by atoms with van der Waals surface area (Å²) in [6.07, 6.45) is -0.203. The Balaban J connectivity index is 1.64. The van der Waals surface area contributed by atoms with E-state index in [1.807, 2.05) is 0 Å². The zero-order valence-corrected chi connectivity index (χ0v) is 18.5. The van der Waals surface area contributed by atoms with Crippen molar-refractivity contribution in [3.05, 3.63) is 87.9 Å². The molecule has 0 spiro atoms. The van der Waals surface area contributed by atoms with E-state index < -0.39 is 17.9 Å². The zero-order chi connectivity index (χ0) is 22.0. The lowest BCUT2D eigenvalue weighted by molar-refractivity contribution is -0.122. The lowest BCUT2D eigenvalue weighted by Crippen LogP contribution is -2.52. The van der Waals surface area contributed by atoms with Crippen LogP contribution in [0.25, 0.3) is 0 Å². The van der Waals surface area contributed by atoms with E-state index in [4.69, 9.17) is 11.6 Å². The van der Waals surface area contributed by atoms with E-state index in [0.717, 1.165) is 4.47 Å². The van der Waals surface area contributed by atoms with Crippen LogP contribution in [0.1, 0.15) is 16.8 Å². The summed E-state index contributed by atoms with van der Waals surface area (Å²) >= 11 is 9.24. The second-order valence-electron chi connectivity index (χ2n) is 6.96. The molecule has 2 N–H and O–H groups in total. The molecular weight excluding hydrogens is 482 g/mol. The average Bonchev–Trinajstić information content (AvgIpc) is 2.76. The maximum Gasteiger partial charge on any atom is 0.259 e. The van der Waals surface area contributed by atoms with E-state index in [1.54, 1.807) is 72.8 Å². The fourth-order valence-electron chi connectivity index (χ4n) is 3.38. The molecule has 1 heterocycles. The number of halogens is 2. The van der Waals surface area contributed by atoms with Crippen molar-refractivity contribution < 1.29 is 14.4 Å². The van der Waals surface area contributed by atoms with E-state index in [0.29, 0.717) is 27.6 Å². The van der Waals surface area contributed by atoms with Crippen LogP contribution >= 0.6 is 27.5 Å². The Kier molecular flexibility index (Phi) is 6.06. The summed E-state index contributed by atoms with van der Waals surface area (Å²) < 4.78 is 0.833. The Bertz CT molecular complexity index is 1150. The summed E-state index contributed by atoms with van der Waals surface area (Å²) in [6.45, 7) is 0. The van der Waals surface area contributed by atoms with Crippen molar-refractivity contribution in [3.8, 4) is 0 Å². The maximum absolute atomic E-state index is 13.4. The van der Waals surface area contributed by atoms with Crippen molar-refractivity contribution in [2.75, 3.05) is 15.5 Å². The molecule has 1 aliphatic heterocycles. The first-order chi connectivity index (χ1) is 14.9. The molecule has 6 nitrogen and oxygen atoms in total. The minimum absolute atomic E-state index is 0.203. The minimum atomic E-state index is -1.00. The summed E-state index contributed by atoms with van der Waals surface area (Å²) in [5, 5.41) is 6.09. The quantitative estimate of drug-likeness (QED) is 0.525. The van der Waals surface area contributed by atoms with Crippen LogP contribution in [0.2, 0.25) is 5.02 Å². The predicted molar refractivity (Wildman–Crippen MR) is 125 cm³/mol. The van der Waals surface area contributed by atoms with Crippen molar-refractivity contribution in [2.45, 2.75) is 12.5 Å². The van der Waals surface area contributed by atoms with Gasteiger partial charge in [0.15, 0.2) is 0 Å². The summed E-state index contributed by atoms with van der Waals surface area (Å²) in [7, 11) is 0. The van der Waals surface area contributed by atoms with Gasteiger partial charge in [0.2, 0.25) is 11.8 Å². The Morgan fingerprint density at radius 2 is 1.68 bits per heavy atom. The SMILES string of the molecule is O=C(C[C@@H]1C(=O)Nc2ccccc2N1C(=O)c1ccc(Br)cc1)Nc1ccc(Cl)cc1. The Morgan fingerprint density at radius 1 is 1.00 bits per heavy atom. The first-order valence-corrected chi connectivity index (χ1v) is 10.6. The number of amides is 3. The molecule has 0 bridgehead atoms. The van der Waals surface area contributed by atoms with Gasteiger partial charge >= 0.3 is 0 Å². The smallest absolute Gasteiger partial charge is 0.259 e. The summed E-state index contributed by atoms with van der Waals surface area (Å²) in [5.74, 6) is -1.18. The summed E-state index contributed by atoms with van der Waals surface area (Å²) in [6, 6.07) is 19.5. The zero-order valence-electron chi connectivity index (χ0n) is 16.1. The van der Waals surface area contributed by atoms with Gasteiger partial charge in [-0.05, 0) is 60.7 Å². The molecule has 0 fully saturated rings. The first-order valence-electron chi connectivity index (χ1n) is 9.47. The van der Waals surface area contributed by atoms with Crippen LogP contribution in [-0.2, 0) is 9.59 Å². The highest BCUT2D eigenvalue weighted by atomic mass is 79.9. The van der Waals surface area contributed by atoms with Gasteiger partial charge in [-0.15, -0.1) is 0 Å². The van der Waals surface area contributed by atoms with Crippen molar-refractivity contribution in [1.82, 2.24) is 0 Å². The number of anilines is 3. The van der Waals surface area contributed by atoms with Crippen LogP contribution in [0.15, 0.2) is 77.3 Å². The molecule has 8 heteroatoms. The Labute approximate surface area is 192 Å². The molecule has 1 atom stereocenters. The molecule has 0 saturated carbocycles. The van der Waals surface area contributed by atoms with Gasteiger partial charge in [-0.3, -0.25) is 19.3 Å². The molecule has 3 amide bonds. The van der Waals surface area contributed by atoms with E-state index in [1.165, 1.54) is 4.90 Å². The van der Waals surface area contributed by atoms with E-state index >= 15 is 0 Å². The average molecular weight is 499 g/mol. The molecule has 0 aliphatic carbocycles. The predicted octanol–water partition coefficient (Wildman–Crippen LogP) is 5.10. The normalized spacial score (nSPS) is 15.1. The van der Waals surface area contributed by atoms with Crippen LogP contribution in [-0.4, -0.2) is 23.8 Å². The number of para-hydroxylation sites is 2. The van der Waals surface area contributed by atoms with Gasteiger partial charge in [0, 0.05) is 20.7 Å². The van der Waals surface area contributed by atoms with Crippen molar-refractivity contribution >= 4 is 62.3 Å². The molecule has 3 aromatic carbocycles. The first kappa shape index (κ1) is 21.1. The highest BCUT2D eigenvalue weighted by Gasteiger charge is 2.38. The van der Waals surface area contributed by atoms with E-state index in [9.17, 15) is 14.4 Å². The van der Waals surface area contributed by atoms with Gasteiger partial charge in [0.25, 0.3) is 5.91 Å². The van der Waals surface area contributed by atoms with Crippen molar-refractivity contribution in [3.63, 3.8) is 0 Å². The number of hydrogen-bond acceptors (Lipinski definition) is 3. The number of hydrogen-bond donors (Lipinski definition) is 2. The number of nitrogens with one attached hydrogen (secondary N) is 2.